The van der Waals surface area contributed by atoms with E-state index in [9.17, 15) is 5.11 Å². The van der Waals surface area contributed by atoms with E-state index in [0.29, 0.717) is 14.8 Å². The molecule has 0 aromatic rings. The summed E-state index contributed by atoms with van der Waals surface area (Å²) in [7, 11) is 0. The quantitative estimate of drug-likeness (QED) is 0.292. The molecule has 0 saturated heterocycles. The zero-order valence-electron chi connectivity index (χ0n) is 19.8. The van der Waals surface area contributed by atoms with Gasteiger partial charge in [0, 0.05) is 3.92 Å². The van der Waals surface area contributed by atoms with Gasteiger partial charge in [0.2, 0.25) is 0 Å². The van der Waals surface area contributed by atoms with E-state index in [4.69, 9.17) is 0 Å². The van der Waals surface area contributed by atoms with Crippen LogP contribution in [0.2, 0.25) is 0 Å². The van der Waals surface area contributed by atoms with Crippen molar-refractivity contribution in [2.45, 2.75) is 115 Å². The van der Waals surface area contributed by atoms with E-state index in [0.717, 1.165) is 47.8 Å². The minimum Gasteiger partial charge on any atom is -0.392 e. The summed E-state index contributed by atoms with van der Waals surface area (Å²) in [5.41, 5.74) is 1.01. The molecule has 4 rings (SSSR count). The smallest absolute Gasteiger partial charge is 0.0663 e. The third-order valence-corrected chi connectivity index (χ3v) is 12.2. The molecule has 4 saturated carbocycles. The Bertz CT molecular complexity index is 575. The van der Waals surface area contributed by atoms with Crippen LogP contribution < -0.4 is 0 Å². The minimum absolute atomic E-state index is 0.0683. The molecule has 168 valence electrons. The molecule has 29 heavy (non-hydrogen) atoms. The maximum absolute atomic E-state index is 10.7. The number of hydrogen-bond acceptors (Lipinski definition) is 1. The fourth-order valence-corrected chi connectivity index (χ4v) is 10.1. The maximum Gasteiger partial charge on any atom is 0.0663 e. The van der Waals surface area contributed by atoms with E-state index >= 15 is 0 Å². The predicted molar refractivity (Wildman–Crippen MR) is 132 cm³/mol. The van der Waals surface area contributed by atoms with Crippen molar-refractivity contribution in [2.75, 3.05) is 0 Å². The Balaban J connectivity index is 1.47. The van der Waals surface area contributed by atoms with E-state index in [1.54, 1.807) is 0 Å². The first-order valence-electron chi connectivity index (χ1n) is 13.0. The molecule has 2 heteroatoms. The lowest BCUT2D eigenvalue weighted by molar-refractivity contribution is -0.130. The molecule has 0 unspecified atom stereocenters. The molecule has 4 aliphatic rings. The van der Waals surface area contributed by atoms with Crippen LogP contribution in [-0.2, 0) is 0 Å². The van der Waals surface area contributed by atoms with Crippen molar-refractivity contribution in [2.24, 2.45) is 52.3 Å². The summed E-state index contributed by atoms with van der Waals surface area (Å²) in [6.45, 7) is 12.6. The number of alkyl halides is 1. The van der Waals surface area contributed by atoms with E-state index in [1.165, 1.54) is 64.2 Å². The molecule has 10 atom stereocenters. The number of hydrogen-bond donors (Lipinski definition) is 1. The molecule has 0 aromatic carbocycles. The number of aliphatic hydroxyl groups excluding tert-OH is 1. The summed E-state index contributed by atoms with van der Waals surface area (Å²) < 4.78 is 0.485. The Hall–Kier alpha value is 0.690. The molecule has 0 heterocycles. The SMILES string of the molecule is CC(C)CCC[C@@H](C)[C@H]1CC[C@H]2[C@@H]3CC[C@H]4C[C@H](I)[C@H](O)C[C@]4(C)[C@H]3CC[C@]12C. The van der Waals surface area contributed by atoms with Gasteiger partial charge in [-0.1, -0.05) is 76.5 Å². The Morgan fingerprint density at radius 2 is 1.66 bits per heavy atom. The zero-order valence-corrected chi connectivity index (χ0v) is 22.0. The van der Waals surface area contributed by atoms with Crippen LogP contribution in [0, 0.1) is 52.3 Å². The van der Waals surface area contributed by atoms with Crippen LogP contribution in [0.5, 0.6) is 0 Å². The van der Waals surface area contributed by atoms with E-state index < -0.39 is 0 Å². The largest absolute Gasteiger partial charge is 0.392 e. The zero-order chi connectivity index (χ0) is 21.0. The van der Waals surface area contributed by atoms with Crippen LogP contribution in [0.3, 0.4) is 0 Å². The highest BCUT2D eigenvalue weighted by molar-refractivity contribution is 14.1. The molecule has 0 amide bonds. The van der Waals surface area contributed by atoms with Gasteiger partial charge in [-0.2, -0.15) is 0 Å². The highest BCUT2D eigenvalue weighted by atomic mass is 127. The molecule has 4 aliphatic carbocycles. The Labute approximate surface area is 194 Å². The van der Waals surface area contributed by atoms with Gasteiger partial charge in [0.1, 0.15) is 0 Å². The Morgan fingerprint density at radius 1 is 0.931 bits per heavy atom. The predicted octanol–water partition coefficient (Wildman–Crippen LogP) is 7.88. The molecule has 0 radical (unpaired) electrons. The molecular weight excluding hydrogens is 467 g/mol. The number of fused-ring (bicyclic) bond motifs is 5. The van der Waals surface area contributed by atoms with E-state index in [1.807, 2.05) is 0 Å². The second kappa shape index (κ2) is 8.56. The van der Waals surface area contributed by atoms with Crippen molar-refractivity contribution in [3.63, 3.8) is 0 Å². The van der Waals surface area contributed by atoms with Crippen LogP contribution in [0.15, 0.2) is 0 Å². The lowest BCUT2D eigenvalue weighted by atomic mass is 9.44. The van der Waals surface area contributed by atoms with Crippen LogP contribution in [-0.4, -0.2) is 15.1 Å². The van der Waals surface area contributed by atoms with Crippen molar-refractivity contribution in [3.05, 3.63) is 0 Å². The van der Waals surface area contributed by atoms with Crippen LogP contribution in [0.1, 0.15) is 105 Å². The lowest BCUT2D eigenvalue weighted by Crippen LogP contribution is -2.56. The monoisotopic (exact) mass is 514 g/mol. The van der Waals surface area contributed by atoms with Crippen LogP contribution in [0.4, 0.5) is 0 Å². The molecule has 1 N–H and O–H groups in total. The molecule has 0 aromatic heterocycles. The van der Waals surface area contributed by atoms with Gasteiger partial charge >= 0.3 is 0 Å². The highest BCUT2D eigenvalue weighted by Crippen LogP contribution is 2.68. The van der Waals surface area contributed by atoms with E-state index in [2.05, 4.69) is 57.2 Å². The fourth-order valence-electron chi connectivity index (χ4n) is 9.27. The summed E-state index contributed by atoms with van der Waals surface area (Å²) in [5, 5.41) is 10.7. The van der Waals surface area contributed by atoms with Crippen LogP contribution >= 0.6 is 22.6 Å². The second-order valence-corrected chi connectivity index (χ2v) is 14.3. The molecular formula is C27H47IO. The first-order valence-corrected chi connectivity index (χ1v) is 14.2. The second-order valence-electron chi connectivity index (χ2n) is 12.7. The van der Waals surface area contributed by atoms with Gasteiger partial charge in [-0.05, 0) is 104 Å². The number of rotatable bonds is 5. The molecule has 4 fully saturated rings. The molecule has 0 spiro atoms. The normalized spacial score (nSPS) is 50.7. The first-order chi connectivity index (χ1) is 13.7. The third-order valence-electron chi connectivity index (χ3n) is 10.8. The van der Waals surface area contributed by atoms with Gasteiger partial charge in [0.05, 0.1) is 6.10 Å². The van der Waals surface area contributed by atoms with Crippen molar-refractivity contribution >= 4 is 22.6 Å². The first kappa shape index (κ1) is 22.9. The van der Waals surface area contributed by atoms with Crippen molar-refractivity contribution in [3.8, 4) is 0 Å². The third kappa shape index (κ3) is 3.98. The van der Waals surface area contributed by atoms with Crippen molar-refractivity contribution in [1.29, 1.82) is 0 Å². The Morgan fingerprint density at radius 3 is 2.38 bits per heavy atom. The summed E-state index contributed by atoms with van der Waals surface area (Å²) in [5.74, 6) is 6.38. The molecule has 0 bridgehead atoms. The summed E-state index contributed by atoms with van der Waals surface area (Å²) in [4.78, 5) is 0. The minimum atomic E-state index is -0.0683. The van der Waals surface area contributed by atoms with Gasteiger partial charge in [0.15, 0.2) is 0 Å². The average molecular weight is 515 g/mol. The fraction of sp³-hybridized carbons (Fsp3) is 1.00. The lowest BCUT2D eigenvalue weighted by Gasteiger charge is -2.61. The molecule has 1 nitrogen and oxygen atoms in total. The standard InChI is InChI=1S/C27H47IO/c1-17(2)7-6-8-18(3)21-11-12-22-20-10-9-19-15-24(28)25(29)16-27(19,5)23(20)13-14-26(21,22)4/h17-25,29H,6-16H2,1-5H3/t18-,19+,20+,21-,22+,23+,24+,25-,26-,27+/m1/s1. The van der Waals surface area contributed by atoms with Crippen molar-refractivity contribution < 1.29 is 5.11 Å². The van der Waals surface area contributed by atoms with Gasteiger partial charge in [0.25, 0.3) is 0 Å². The topological polar surface area (TPSA) is 20.2 Å². The van der Waals surface area contributed by atoms with E-state index in [-0.39, 0.29) is 6.10 Å². The van der Waals surface area contributed by atoms with Gasteiger partial charge in [-0.3, -0.25) is 0 Å². The molecule has 0 aliphatic heterocycles. The summed E-state index contributed by atoms with van der Waals surface area (Å²) >= 11 is 2.53. The van der Waals surface area contributed by atoms with Crippen molar-refractivity contribution in [1.82, 2.24) is 0 Å². The highest BCUT2D eigenvalue weighted by Gasteiger charge is 2.61. The van der Waals surface area contributed by atoms with Gasteiger partial charge < -0.3 is 5.11 Å². The Kier molecular flexibility index (Phi) is 6.75. The average Bonchev–Trinajstić information content (AvgIpc) is 3.00. The van der Waals surface area contributed by atoms with Gasteiger partial charge in [-0.25, -0.2) is 0 Å². The number of aliphatic hydroxyl groups is 1. The van der Waals surface area contributed by atoms with Gasteiger partial charge in [-0.15, -0.1) is 0 Å². The summed E-state index contributed by atoms with van der Waals surface area (Å²) in [6.07, 6.45) is 15.4. The number of halogens is 1. The summed E-state index contributed by atoms with van der Waals surface area (Å²) in [6, 6.07) is 0. The maximum atomic E-state index is 10.7. The van der Waals surface area contributed by atoms with Crippen LogP contribution in [0.25, 0.3) is 0 Å².